The molecular formula is C26H24ClFN6O3. The van der Waals surface area contributed by atoms with Gasteiger partial charge >= 0.3 is 6.09 Å². The number of ether oxygens (including phenoxy) is 1. The molecule has 1 aliphatic rings. The zero-order valence-corrected chi connectivity index (χ0v) is 21.4. The third-order valence-electron chi connectivity index (χ3n) is 5.61. The maximum Gasteiger partial charge on any atom is 0.413 e. The molecule has 1 atom stereocenters. The highest BCUT2D eigenvalue weighted by molar-refractivity contribution is 6.30. The summed E-state index contributed by atoms with van der Waals surface area (Å²) in [6.45, 7) is 6.91. The number of hydrogen-bond donors (Lipinski definition) is 1. The first kappa shape index (κ1) is 26.0. The summed E-state index contributed by atoms with van der Waals surface area (Å²) in [5.74, 6) is -0.524. The number of pyridine rings is 1. The lowest BCUT2D eigenvalue weighted by molar-refractivity contribution is 0.0562. The minimum Gasteiger partial charge on any atom is -0.444 e. The Bertz CT molecular complexity index is 1450. The fourth-order valence-electron chi connectivity index (χ4n) is 4.00. The number of rotatable bonds is 4. The summed E-state index contributed by atoms with van der Waals surface area (Å²) in [6, 6.07) is 9.51. The Kier molecular flexibility index (Phi) is 6.84. The Morgan fingerprint density at radius 3 is 2.65 bits per heavy atom. The van der Waals surface area contributed by atoms with Crippen molar-refractivity contribution in [2.75, 3.05) is 0 Å². The molecule has 0 saturated heterocycles. The van der Waals surface area contributed by atoms with E-state index in [0.29, 0.717) is 10.6 Å². The average Bonchev–Trinajstić information content (AvgIpc) is 3.22. The van der Waals surface area contributed by atoms with Gasteiger partial charge in [0.25, 0.3) is 0 Å². The van der Waals surface area contributed by atoms with Crippen LogP contribution in [0.1, 0.15) is 60.8 Å². The van der Waals surface area contributed by atoms with Gasteiger partial charge in [0.1, 0.15) is 34.4 Å². The first-order valence-electron chi connectivity index (χ1n) is 11.4. The van der Waals surface area contributed by atoms with Gasteiger partial charge in [0.05, 0.1) is 17.8 Å². The molecule has 11 heteroatoms. The molecule has 1 aromatic carbocycles. The standard InChI is InChI=1S/C26H24ClFN6O3/c1-25(2,3)37-24(36)32-22-23-31-13-17(11-29)34(23)14-26(4,33-22)18-9-15(5-7-19(18)28)10-21(35)20-8-6-16(27)12-30-20/h5-9,12-13H,10,14H2,1-4H3,(H,32,33,36). The summed E-state index contributed by atoms with van der Waals surface area (Å²) in [5.41, 5.74) is -0.808. The van der Waals surface area contributed by atoms with Gasteiger partial charge in [0.2, 0.25) is 0 Å². The van der Waals surface area contributed by atoms with Gasteiger partial charge in [0.15, 0.2) is 17.4 Å². The van der Waals surface area contributed by atoms with Crippen molar-refractivity contribution in [3.63, 3.8) is 0 Å². The first-order chi connectivity index (χ1) is 17.4. The van der Waals surface area contributed by atoms with Gasteiger partial charge in [-0.3, -0.25) is 20.1 Å². The van der Waals surface area contributed by atoms with Gasteiger partial charge < -0.3 is 9.30 Å². The SMILES string of the molecule is CC(C)(C)OC(=O)NC1=NC(C)(c2cc(CC(=O)c3ccc(Cl)cn3)ccc2F)Cn2c(C#N)cnc21. The number of amidine groups is 1. The third kappa shape index (κ3) is 5.67. The van der Waals surface area contributed by atoms with Gasteiger partial charge in [-0.2, -0.15) is 5.26 Å². The molecule has 1 amide bonds. The molecule has 9 nitrogen and oxygen atoms in total. The number of benzene rings is 1. The second-order valence-corrected chi connectivity index (χ2v) is 10.2. The normalized spacial score (nSPS) is 16.8. The summed E-state index contributed by atoms with van der Waals surface area (Å²) in [4.78, 5) is 38.2. The highest BCUT2D eigenvalue weighted by atomic mass is 35.5. The Labute approximate surface area is 218 Å². The van der Waals surface area contributed by atoms with E-state index in [9.17, 15) is 14.9 Å². The number of aliphatic imine (C=N–C) groups is 1. The fraction of sp³-hybridized carbons (Fsp3) is 0.308. The van der Waals surface area contributed by atoms with Crippen molar-refractivity contribution in [3.8, 4) is 6.07 Å². The predicted molar refractivity (Wildman–Crippen MR) is 134 cm³/mol. The van der Waals surface area contributed by atoms with E-state index in [1.807, 2.05) is 0 Å². The monoisotopic (exact) mass is 522 g/mol. The van der Waals surface area contributed by atoms with Crippen LogP contribution in [0.4, 0.5) is 9.18 Å². The van der Waals surface area contributed by atoms with Crippen LogP contribution in [-0.2, 0) is 23.2 Å². The van der Waals surface area contributed by atoms with Gasteiger partial charge in [-0.1, -0.05) is 17.7 Å². The highest BCUT2D eigenvalue weighted by Crippen LogP contribution is 2.35. The molecule has 4 rings (SSSR count). The number of nitriles is 1. The van der Waals surface area contributed by atoms with E-state index < -0.39 is 23.1 Å². The summed E-state index contributed by atoms with van der Waals surface area (Å²) in [6.07, 6.45) is 1.96. The smallest absolute Gasteiger partial charge is 0.413 e. The van der Waals surface area contributed by atoms with Crippen LogP contribution in [-0.4, -0.2) is 37.8 Å². The number of nitrogens with one attached hydrogen (secondary N) is 1. The molecule has 0 spiro atoms. The molecule has 190 valence electrons. The van der Waals surface area contributed by atoms with Crippen molar-refractivity contribution in [2.24, 2.45) is 4.99 Å². The Balaban J connectivity index is 1.71. The molecule has 0 saturated carbocycles. The number of carbonyl (C=O) groups excluding carboxylic acids is 2. The fourth-order valence-corrected chi connectivity index (χ4v) is 4.11. The molecule has 3 aromatic rings. The van der Waals surface area contributed by atoms with E-state index in [0.717, 1.165) is 0 Å². The molecule has 1 aliphatic heterocycles. The Hall–Kier alpha value is -4.10. The van der Waals surface area contributed by atoms with E-state index in [4.69, 9.17) is 16.3 Å². The molecular weight excluding hydrogens is 499 g/mol. The summed E-state index contributed by atoms with van der Waals surface area (Å²) in [7, 11) is 0. The lowest BCUT2D eigenvalue weighted by atomic mass is 9.88. The van der Waals surface area contributed by atoms with Crippen molar-refractivity contribution >= 4 is 29.3 Å². The summed E-state index contributed by atoms with van der Waals surface area (Å²) in [5, 5.41) is 12.6. The number of ketones is 1. The number of alkyl carbamates (subject to hydrolysis) is 1. The molecule has 0 bridgehead atoms. The molecule has 37 heavy (non-hydrogen) atoms. The van der Waals surface area contributed by atoms with E-state index in [-0.39, 0.29) is 47.4 Å². The van der Waals surface area contributed by atoms with Gasteiger partial charge in [0, 0.05) is 18.2 Å². The van der Waals surface area contributed by atoms with Crippen LogP contribution >= 0.6 is 11.6 Å². The van der Waals surface area contributed by atoms with E-state index in [1.165, 1.54) is 30.6 Å². The predicted octanol–water partition coefficient (Wildman–Crippen LogP) is 4.57. The van der Waals surface area contributed by atoms with Crippen LogP contribution in [0.3, 0.4) is 0 Å². The topological polar surface area (TPSA) is 122 Å². The zero-order chi connectivity index (χ0) is 27.0. The molecule has 2 aromatic heterocycles. The van der Waals surface area contributed by atoms with Crippen molar-refractivity contribution < 1.29 is 18.7 Å². The lowest BCUT2D eigenvalue weighted by Gasteiger charge is -2.33. The van der Waals surface area contributed by atoms with Crippen molar-refractivity contribution in [2.45, 2.75) is 51.8 Å². The minimum absolute atomic E-state index is 0.0233. The summed E-state index contributed by atoms with van der Waals surface area (Å²) < 4.78 is 22.1. The third-order valence-corrected chi connectivity index (χ3v) is 5.84. The number of imidazole rings is 1. The van der Waals surface area contributed by atoms with Gasteiger partial charge in [-0.15, -0.1) is 0 Å². The quantitative estimate of drug-likeness (QED) is 0.501. The molecule has 0 fully saturated rings. The van der Waals surface area contributed by atoms with Crippen LogP contribution in [0.5, 0.6) is 0 Å². The van der Waals surface area contributed by atoms with Crippen LogP contribution < -0.4 is 5.32 Å². The number of fused-ring (bicyclic) bond motifs is 1. The van der Waals surface area contributed by atoms with Crippen LogP contribution in [0.15, 0.2) is 47.7 Å². The first-order valence-corrected chi connectivity index (χ1v) is 11.8. The lowest BCUT2D eigenvalue weighted by Crippen LogP contribution is -2.44. The molecule has 0 radical (unpaired) electrons. The van der Waals surface area contributed by atoms with Crippen LogP contribution in [0.25, 0.3) is 0 Å². The number of nitrogens with zero attached hydrogens (tertiary/aromatic N) is 5. The minimum atomic E-state index is -1.24. The van der Waals surface area contributed by atoms with Crippen molar-refractivity contribution in [1.82, 2.24) is 19.9 Å². The molecule has 1 unspecified atom stereocenters. The summed E-state index contributed by atoms with van der Waals surface area (Å²) >= 11 is 5.85. The van der Waals surface area contributed by atoms with Gasteiger partial charge in [-0.05, 0) is 57.5 Å². The van der Waals surface area contributed by atoms with E-state index in [1.54, 1.807) is 44.4 Å². The number of hydrogen-bond acceptors (Lipinski definition) is 7. The number of carbonyl (C=O) groups is 2. The van der Waals surface area contributed by atoms with Gasteiger partial charge in [-0.25, -0.2) is 14.2 Å². The highest BCUT2D eigenvalue weighted by Gasteiger charge is 2.38. The van der Waals surface area contributed by atoms with Crippen molar-refractivity contribution in [3.05, 3.63) is 81.9 Å². The largest absolute Gasteiger partial charge is 0.444 e. The second kappa shape index (κ2) is 9.75. The average molecular weight is 523 g/mol. The maximum atomic E-state index is 15.2. The zero-order valence-electron chi connectivity index (χ0n) is 20.7. The number of aromatic nitrogens is 3. The van der Waals surface area contributed by atoms with Crippen LogP contribution in [0.2, 0.25) is 5.02 Å². The maximum absolute atomic E-state index is 15.2. The van der Waals surface area contributed by atoms with E-state index >= 15 is 4.39 Å². The number of halogens is 2. The molecule has 0 aliphatic carbocycles. The molecule has 1 N–H and O–H groups in total. The number of amides is 1. The number of Topliss-reactive ketones (excluding diaryl/α,β-unsaturated/α-hetero) is 1. The van der Waals surface area contributed by atoms with Crippen LogP contribution in [0, 0.1) is 17.1 Å². The van der Waals surface area contributed by atoms with E-state index in [2.05, 4.69) is 26.3 Å². The molecule has 3 heterocycles. The Morgan fingerprint density at radius 1 is 1.24 bits per heavy atom. The second-order valence-electron chi connectivity index (χ2n) is 9.80. The van der Waals surface area contributed by atoms with Crippen molar-refractivity contribution in [1.29, 1.82) is 5.26 Å². The Morgan fingerprint density at radius 2 is 2.00 bits per heavy atom.